The van der Waals surface area contributed by atoms with Gasteiger partial charge < -0.3 is 11.5 Å². The number of aryl methyl sites for hydroxylation is 1. The van der Waals surface area contributed by atoms with Crippen LogP contribution in [0.1, 0.15) is 30.1 Å². The highest BCUT2D eigenvalue weighted by Gasteiger charge is 2.25. The van der Waals surface area contributed by atoms with Crippen LogP contribution >= 0.6 is 0 Å². The third kappa shape index (κ3) is 1.73. The molecule has 1 aliphatic heterocycles. The van der Waals surface area contributed by atoms with E-state index in [9.17, 15) is 0 Å². The molecule has 5 heteroatoms. The fourth-order valence-electron chi connectivity index (χ4n) is 2.46. The molecule has 1 aromatic carbocycles. The highest BCUT2D eigenvalue weighted by Crippen LogP contribution is 2.32. The fraction of sp³-hybridized carbons (Fsp3) is 0.333. The quantitative estimate of drug-likeness (QED) is 0.723. The van der Waals surface area contributed by atoms with Crippen molar-refractivity contribution in [2.24, 2.45) is 0 Å². The molecule has 3 rings (SSSR count). The number of hydrogen-bond acceptors (Lipinski definition) is 4. The molecule has 1 aliphatic rings. The van der Waals surface area contributed by atoms with E-state index >= 15 is 0 Å². The fourth-order valence-corrected chi connectivity index (χ4v) is 2.46. The molecule has 0 aliphatic carbocycles. The Labute approximate surface area is 99.4 Å². The summed E-state index contributed by atoms with van der Waals surface area (Å²) in [4.78, 5) is 4.33. The Balaban J connectivity index is 2.05. The van der Waals surface area contributed by atoms with E-state index in [1.165, 1.54) is 5.56 Å². The van der Waals surface area contributed by atoms with Gasteiger partial charge in [-0.3, -0.25) is 0 Å². The summed E-state index contributed by atoms with van der Waals surface area (Å²) in [5.41, 5.74) is 13.5. The summed E-state index contributed by atoms with van der Waals surface area (Å²) < 4.78 is 1.91. The summed E-state index contributed by atoms with van der Waals surface area (Å²) in [5, 5.41) is 4.20. The third-order valence-electron chi connectivity index (χ3n) is 3.20. The number of nitrogen functional groups attached to an aromatic ring is 2. The van der Waals surface area contributed by atoms with Crippen molar-refractivity contribution in [1.29, 1.82) is 0 Å². The normalized spacial score (nSPS) is 18.9. The lowest BCUT2D eigenvalue weighted by atomic mass is 9.91. The Morgan fingerprint density at radius 2 is 2.18 bits per heavy atom. The number of nitrogens with two attached hydrogens (primary N) is 2. The summed E-state index contributed by atoms with van der Waals surface area (Å²) in [6, 6.07) is 7.96. The van der Waals surface area contributed by atoms with Gasteiger partial charge in [0.05, 0.1) is 0 Å². The number of nitrogens with zero attached hydrogens (tertiary/aromatic N) is 3. The number of rotatable bonds is 1. The molecule has 1 aromatic heterocycles. The lowest BCUT2D eigenvalue weighted by molar-refractivity contribution is 0.446. The molecule has 88 valence electrons. The van der Waals surface area contributed by atoms with Gasteiger partial charge in [0.2, 0.25) is 5.95 Å². The molecule has 4 N–H and O–H groups in total. The van der Waals surface area contributed by atoms with Gasteiger partial charge in [-0.15, -0.1) is 5.10 Å². The van der Waals surface area contributed by atoms with Gasteiger partial charge in [0, 0.05) is 18.2 Å². The molecule has 0 saturated carbocycles. The topological polar surface area (TPSA) is 82.8 Å². The van der Waals surface area contributed by atoms with Gasteiger partial charge in [0.25, 0.3) is 0 Å². The summed E-state index contributed by atoms with van der Waals surface area (Å²) in [6.07, 6.45) is 2.16. The number of hydrogen-bond donors (Lipinski definition) is 2. The second-order valence-electron chi connectivity index (χ2n) is 4.42. The molecule has 2 aromatic rings. The Morgan fingerprint density at radius 3 is 3.00 bits per heavy atom. The number of anilines is 2. The highest BCUT2D eigenvalue weighted by molar-refractivity contribution is 5.43. The maximum atomic E-state index is 5.82. The first kappa shape index (κ1) is 10.1. The molecule has 0 fully saturated rings. The predicted molar refractivity (Wildman–Crippen MR) is 66.4 cm³/mol. The van der Waals surface area contributed by atoms with Crippen molar-refractivity contribution >= 4 is 11.6 Å². The van der Waals surface area contributed by atoms with Crippen molar-refractivity contribution in [2.45, 2.75) is 25.3 Å². The molecule has 1 unspecified atom stereocenters. The Morgan fingerprint density at radius 1 is 1.29 bits per heavy atom. The van der Waals surface area contributed by atoms with Gasteiger partial charge in [-0.2, -0.15) is 4.98 Å². The summed E-state index contributed by atoms with van der Waals surface area (Å²) in [5.74, 6) is 1.58. The van der Waals surface area contributed by atoms with Crippen LogP contribution in [0, 0.1) is 0 Å². The average molecular weight is 229 g/mol. The van der Waals surface area contributed by atoms with Crippen LogP contribution in [0.15, 0.2) is 24.3 Å². The van der Waals surface area contributed by atoms with E-state index in [1.54, 1.807) is 0 Å². The summed E-state index contributed by atoms with van der Waals surface area (Å²) in [6.45, 7) is 0.901. The van der Waals surface area contributed by atoms with Gasteiger partial charge in [-0.05, 0) is 30.5 Å². The van der Waals surface area contributed by atoms with E-state index in [2.05, 4.69) is 16.1 Å². The molecule has 0 amide bonds. The molecule has 0 bridgehead atoms. The van der Waals surface area contributed by atoms with Gasteiger partial charge in [-0.1, -0.05) is 12.1 Å². The van der Waals surface area contributed by atoms with Gasteiger partial charge in [0.1, 0.15) is 5.82 Å². The van der Waals surface area contributed by atoms with Gasteiger partial charge >= 0.3 is 0 Å². The van der Waals surface area contributed by atoms with Crippen molar-refractivity contribution in [1.82, 2.24) is 14.8 Å². The van der Waals surface area contributed by atoms with Crippen LogP contribution in [0.3, 0.4) is 0 Å². The zero-order valence-corrected chi connectivity index (χ0v) is 9.50. The van der Waals surface area contributed by atoms with Crippen LogP contribution in [0.4, 0.5) is 11.6 Å². The van der Waals surface area contributed by atoms with Crippen molar-refractivity contribution < 1.29 is 0 Å². The van der Waals surface area contributed by atoms with Crippen molar-refractivity contribution in [3.05, 3.63) is 35.7 Å². The zero-order chi connectivity index (χ0) is 11.8. The van der Waals surface area contributed by atoms with E-state index in [0.29, 0.717) is 5.95 Å². The molecule has 2 heterocycles. The van der Waals surface area contributed by atoms with Gasteiger partial charge in [0.15, 0.2) is 0 Å². The summed E-state index contributed by atoms with van der Waals surface area (Å²) >= 11 is 0. The van der Waals surface area contributed by atoms with E-state index < -0.39 is 0 Å². The van der Waals surface area contributed by atoms with Crippen LogP contribution in [-0.4, -0.2) is 14.8 Å². The number of benzene rings is 1. The van der Waals surface area contributed by atoms with Crippen LogP contribution < -0.4 is 11.5 Å². The molecule has 0 spiro atoms. The van der Waals surface area contributed by atoms with E-state index in [4.69, 9.17) is 11.5 Å². The maximum absolute atomic E-state index is 5.82. The number of fused-ring (bicyclic) bond motifs is 1. The van der Waals surface area contributed by atoms with Crippen LogP contribution in [-0.2, 0) is 6.54 Å². The predicted octanol–water partition coefficient (Wildman–Crippen LogP) is 1.37. The molecule has 0 radical (unpaired) electrons. The molecular weight excluding hydrogens is 214 g/mol. The first-order valence-corrected chi connectivity index (χ1v) is 5.79. The molecule has 0 saturated heterocycles. The lowest BCUT2D eigenvalue weighted by Gasteiger charge is -2.22. The third-order valence-corrected chi connectivity index (χ3v) is 3.20. The lowest BCUT2D eigenvalue weighted by Crippen LogP contribution is -2.18. The van der Waals surface area contributed by atoms with Crippen molar-refractivity contribution in [3.63, 3.8) is 0 Å². The first-order chi connectivity index (χ1) is 8.24. The Kier molecular flexibility index (Phi) is 2.24. The maximum Gasteiger partial charge on any atom is 0.239 e. The van der Waals surface area contributed by atoms with Crippen molar-refractivity contribution in [3.8, 4) is 0 Å². The molecule has 17 heavy (non-hydrogen) atoms. The minimum Gasteiger partial charge on any atom is -0.399 e. The second-order valence-corrected chi connectivity index (χ2v) is 4.42. The average Bonchev–Trinajstić information content (AvgIpc) is 2.68. The van der Waals surface area contributed by atoms with E-state index in [0.717, 1.165) is 30.9 Å². The second kappa shape index (κ2) is 3.76. The zero-order valence-electron chi connectivity index (χ0n) is 9.50. The standard InChI is InChI=1S/C12H15N5/c13-9-4-1-3-8(7-9)10-5-2-6-17-11(10)15-12(14)16-17/h1,3-4,7,10H,2,5-6,13H2,(H2,14,16). The highest BCUT2D eigenvalue weighted by atomic mass is 15.4. The molecule has 5 nitrogen and oxygen atoms in total. The Bertz CT molecular complexity index is 546. The monoisotopic (exact) mass is 229 g/mol. The minimum absolute atomic E-state index is 0.261. The van der Waals surface area contributed by atoms with Crippen LogP contribution in [0.25, 0.3) is 0 Å². The van der Waals surface area contributed by atoms with E-state index in [1.807, 2.05) is 22.9 Å². The number of aromatic nitrogens is 3. The molecule has 1 atom stereocenters. The molecular formula is C12H15N5. The Hall–Kier alpha value is -2.04. The summed E-state index contributed by atoms with van der Waals surface area (Å²) in [7, 11) is 0. The van der Waals surface area contributed by atoms with Crippen molar-refractivity contribution in [2.75, 3.05) is 11.5 Å². The van der Waals surface area contributed by atoms with Crippen LogP contribution in [0.5, 0.6) is 0 Å². The smallest absolute Gasteiger partial charge is 0.239 e. The van der Waals surface area contributed by atoms with Gasteiger partial charge in [-0.25, -0.2) is 4.68 Å². The minimum atomic E-state index is 0.261. The SMILES string of the molecule is Nc1cccc(C2CCCn3nc(N)nc32)c1. The van der Waals surface area contributed by atoms with Crippen LogP contribution in [0.2, 0.25) is 0 Å². The first-order valence-electron chi connectivity index (χ1n) is 5.79. The van der Waals surface area contributed by atoms with E-state index in [-0.39, 0.29) is 5.92 Å². The largest absolute Gasteiger partial charge is 0.399 e.